The van der Waals surface area contributed by atoms with Gasteiger partial charge in [0.15, 0.2) is 0 Å². The molecule has 3 aromatic rings. The number of nitrogens with two attached hydrogens (primary N) is 1. The lowest BCUT2D eigenvalue weighted by Crippen LogP contribution is -2.27. The third-order valence-corrected chi connectivity index (χ3v) is 3.31. The van der Waals surface area contributed by atoms with Crippen LogP contribution in [-0.2, 0) is 0 Å². The zero-order valence-corrected chi connectivity index (χ0v) is 11.5. The van der Waals surface area contributed by atoms with Crippen molar-refractivity contribution in [2.24, 2.45) is 0 Å². The molecule has 2 N–H and O–H groups in total. The fraction of sp³-hybridized carbons (Fsp3) is 0.0625. The van der Waals surface area contributed by atoms with Crippen LogP contribution in [0.3, 0.4) is 0 Å². The number of para-hydroxylation sites is 1. The van der Waals surface area contributed by atoms with E-state index in [9.17, 15) is 4.79 Å². The Morgan fingerprint density at radius 1 is 1.14 bits per heavy atom. The number of anilines is 2. The first-order valence-electron chi connectivity index (χ1n) is 6.50. The highest BCUT2D eigenvalue weighted by Gasteiger charge is 2.17. The second kappa shape index (κ2) is 5.20. The van der Waals surface area contributed by atoms with Gasteiger partial charge in [-0.25, -0.2) is 4.98 Å². The molecule has 0 bridgehead atoms. The predicted molar refractivity (Wildman–Crippen MR) is 83.1 cm³/mol. The molecule has 2 aromatic heterocycles. The normalized spacial score (nSPS) is 10.5. The fourth-order valence-corrected chi connectivity index (χ4v) is 2.17. The molecule has 0 fully saturated rings. The second-order valence-electron chi connectivity index (χ2n) is 4.69. The molecule has 1 aromatic carbocycles. The van der Waals surface area contributed by atoms with Crippen molar-refractivity contribution in [1.82, 2.24) is 9.97 Å². The van der Waals surface area contributed by atoms with Gasteiger partial charge in [-0.1, -0.05) is 24.3 Å². The highest BCUT2D eigenvalue weighted by atomic mass is 16.2. The summed E-state index contributed by atoms with van der Waals surface area (Å²) in [6, 6.07) is 13.0. The number of hydrogen-bond acceptors (Lipinski definition) is 4. The van der Waals surface area contributed by atoms with Gasteiger partial charge in [-0.3, -0.25) is 9.78 Å². The van der Waals surface area contributed by atoms with Crippen molar-refractivity contribution in [3.8, 4) is 0 Å². The summed E-state index contributed by atoms with van der Waals surface area (Å²) in [7, 11) is 1.67. The van der Waals surface area contributed by atoms with Crippen LogP contribution in [0.25, 0.3) is 10.9 Å². The Hall–Kier alpha value is -2.95. The van der Waals surface area contributed by atoms with Gasteiger partial charge >= 0.3 is 0 Å². The number of rotatable bonds is 2. The minimum absolute atomic E-state index is 0.210. The van der Waals surface area contributed by atoms with Crippen LogP contribution < -0.4 is 10.6 Å². The topological polar surface area (TPSA) is 72.1 Å². The Morgan fingerprint density at radius 3 is 2.76 bits per heavy atom. The van der Waals surface area contributed by atoms with Gasteiger partial charge in [0.2, 0.25) is 0 Å². The molecule has 1 amide bonds. The van der Waals surface area contributed by atoms with E-state index >= 15 is 0 Å². The predicted octanol–water partition coefficient (Wildman–Crippen LogP) is 2.49. The first-order chi connectivity index (χ1) is 10.2. The van der Waals surface area contributed by atoms with E-state index in [-0.39, 0.29) is 5.91 Å². The van der Waals surface area contributed by atoms with Gasteiger partial charge in [0.05, 0.1) is 23.1 Å². The molecule has 0 unspecified atom stereocenters. The van der Waals surface area contributed by atoms with Gasteiger partial charge < -0.3 is 10.6 Å². The molecular formula is C16H14N4O. The quantitative estimate of drug-likeness (QED) is 0.781. The van der Waals surface area contributed by atoms with Crippen molar-refractivity contribution in [2.75, 3.05) is 17.7 Å². The third kappa shape index (κ3) is 2.41. The number of nitrogen functional groups attached to an aromatic ring is 1. The first kappa shape index (κ1) is 13.1. The molecule has 0 saturated carbocycles. The zero-order chi connectivity index (χ0) is 14.8. The molecule has 5 heteroatoms. The number of aromatic nitrogens is 2. The Labute approximate surface area is 122 Å². The third-order valence-electron chi connectivity index (χ3n) is 3.31. The summed E-state index contributed by atoms with van der Waals surface area (Å²) in [6.45, 7) is 0. The molecule has 5 nitrogen and oxygen atoms in total. The molecule has 0 radical (unpaired) electrons. The molecule has 0 atom stereocenters. The maximum atomic E-state index is 12.5. The standard InChI is InChI=1S/C16H14N4O/c1-20(15-8-9-18-10-12(15)17)16(21)14-7-6-11-4-2-3-5-13(11)19-14/h2-10H,17H2,1H3. The molecule has 104 valence electrons. The second-order valence-corrected chi connectivity index (χ2v) is 4.69. The number of fused-ring (bicyclic) bond motifs is 1. The molecule has 0 aliphatic heterocycles. The van der Waals surface area contributed by atoms with E-state index in [4.69, 9.17) is 5.73 Å². The lowest BCUT2D eigenvalue weighted by atomic mass is 10.2. The van der Waals surface area contributed by atoms with Crippen LogP contribution >= 0.6 is 0 Å². The van der Waals surface area contributed by atoms with Crippen molar-refractivity contribution < 1.29 is 4.79 Å². The summed E-state index contributed by atoms with van der Waals surface area (Å²) in [6.07, 6.45) is 3.12. The Kier molecular flexibility index (Phi) is 3.23. The largest absolute Gasteiger partial charge is 0.396 e. The van der Waals surface area contributed by atoms with Gasteiger partial charge in [-0.2, -0.15) is 0 Å². The summed E-state index contributed by atoms with van der Waals surface area (Å²) in [5.41, 5.74) is 8.09. The number of carbonyl (C=O) groups excluding carboxylic acids is 1. The maximum Gasteiger partial charge on any atom is 0.276 e. The van der Waals surface area contributed by atoms with E-state index in [1.807, 2.05) is 30.3 Å². The maximum absolute atomic E-state index is 12.5. The van der Waals surface area contributed by atoms with Crippen LogP contribution in [0.4, 0.5) is 11.4 Å². The van der Waals surface area contributed by atoms with E-state index in [1.54, 1.807) is 25.4 Å². The lowest BCUT2D eigenvalue weighted by molar-refractivity contribution is 0.0988. The fourth-order valence-electron chi connectivity index (χ4n) is 2.17. The average molecular weight is 278 g/mol. The molecular weight excluding hydrogens is 264 g/mol. The molecule has 21 heavy (non-hydrogen) atoms. The van der Waals surface area contributed by atoms with Crippen molar-refractivity contribution in [2.45, 2.75) is 0 Å². The minimum atomic E-state index is -0.210. The number of hydrogen-bond donors (Lipinski definition) is 1. The van der Waals surface area contributed by atoms with Crippen LogP contribution in [0, 0.1) is 0 Å². The summed E-state index contributed by atoms with van der Waals surface area (Å²) in [5.74, 6) is -0.210. The Bertz CT molecular complexity index is 816. The lowest BCUT2D eigenvalue weighted by Gasteiger charge is -2.18. The highest BCUT2D eigenvalue weighted by molar-refractivity contribution is 6.06. The van der Waals surface area contributed by atoms with Crippen molar-refractivity contribution in [3.63, 3.8) is 0 Å². The van der Waals surface area contributed by atoms with E-state index in [0.717, 1.165) is 10.9 Å². The van der Waals surface area contributed by atoms with Gasteiger partial charge in [0.1, 0.15) is 5.69 Å². The van der Waals surface area contributed by atoms with Crippen LogP contribution in [-0.4, -0.2) is 22.9 Å². The average Bonchev–Trinajstić information content (AvgIpc) is 2.53. The zero-order valence-electron chi connectivity index (χ0n) is 11.5. The molecule has 3 rings (SSSR count). The smallest absolute Gasteiger partial charge is 0.276 e. The van der Waals surface area contributed by atoms with Gasteiger partial charge in [-0.05, 0) is 18.2 Å². The molecule has 0 aliphatic rings. The van der Waals surface area contributed by atoms with Crippen LogP contribution in [0.5, 0.6) is 0 Å². The highest BCUT2D eigenvalue weighted by Crippen LogP contribution is 2.22. The minimum Gasteiger partial charge on any atom is -0.396 e. The van der Waals surface area contributed by atoms with E-state index in [2.05, 4.69) is 9.97 Å². The molecule has 0 spiro atoms. The monoisotopic (exact) mass is 278 g/mol. The van der Waals surface area contributed by atoms with Crippen molar-refractivity contribution >= 4 is 28.2 Å². The van der Waals surface area contributed by atoms with Crippen molar-refractivity contribution in [3.05, 3.63) is 60.6 Å². The molecule has 0 aliphatic carbocycles. The summed E-state index contributed by atoms with van der Waals surface area (Å²) < 4.78 is 0. The summed E-state index contributed by atoms with van der Waals surface area (Å²) >= 11 is 0. The Morgan fingerprint density at radius 2 is 1.95 bits per heavy atom. The summed E-state index contributed by atoms with van der Waals surface area (Å²) in [4.78, 5) is 22.3. The summed E-state index contributed by atoms with van der Waals surface area (Å²) in [5, 5.41) is 1.00. The van der Waals surface area contributed by atoms with E-state index in [0.29, 0.717) is 17.1 Å². The molecule has 2 heterocycles. The number of benzene rings is 1. The number of pyridine rings is 2. The van der Waals surface area contributed by atoms with Crippen molar-refractivity contribution in [1.29, 1.82) is 0 Å². The van der Waals surface area contributed by atoms with E-state index in [1.165, 1.54) is 11.1 Å². The number of carbonyl (C=O) groups is 1. The number of nitrogens with zero attached hydrogens (tertiary/aromatic N) is 3. The van der Waals surface area contributed by atoms with Crippen LogP contribution in [0.2, 0.25) is 0 Å². The Balaban J connectivity index is 1.98. The molecule has 0 saturated heterocycles. The van der Waals surface area contributed by atoms with Crippen LogP contribution in [0.15, 0.2) is 54.9 Å². The van der Waals surface area contributed by atoms with E-state index < -0.39 is 0 Å². The number of amides is 1. The SMILES string of the molecule is CN(C(=O)c1ccc2ccccc2n1)c1ccncc1N. The van der Waals surface area contributed by atoms with Crippen LogP contribution in [0.1, 0.15) is 10.5 Å². The van der Waals surface area contributed by atoms with Gasteiger partial charge in [-0.15, -0.1) is 0 Å². The van der Waals surface area contributed by atoms with Gasteiger partial charge in [0, 0.05) is 18.6 Å². The first-order valence-corrected chi connectivity index (χ1v) is 6.50. The van der Waals surface area contributed by atoms with Gasteiger partial charge in [0.25, 0.3) is 5.91 Å².